The van der Waals surface area contributed by atoms with Gasteiger partial charge in [0.2, 0.25) is 0 Å². The molecule has 28 heavy (non-hydrogen) atoms. The monoisotopic (exact) mass is 385 g/mol. The highest BCUT2D eigenvalue weighted by Crippen LogP contribution is 2.21. The third-order valence-electron chi connectivity index (χ3n) is 4.10. The Kier molecular flexibility index (Phi) is 8.34. The Morgan fingerprint density at radius 2 is 1.75 bits per heavy atom. The van der Waals surface area contributed by atoms with Crippen LogP contribution in [0.1, 0.15) is 43.5 Å². The van der Waals surface area contributed by atoms with Gasteiger partial charge in [-0.25, -0.2) is 4.79 Å². The summed E-state index contributed by atoms with van der Waals surface area (Å²) in [6.45, 7) is 4.32. The molecule has 0 spiro atoms. The topological polar surface area (TPSA) is 73.9 Å². The van der Waals surface area contributed by atoms with Gasteiger partial charge in [-0.05, 0) is 49.2 Å². The molecule has 1 unspecified atom stereocenters. The highest BCUT2D eigenvalue weighted by Gasteiger charge is 2.19. The van der Waals surface area contributed by atoms with Crippen LogP contribution >= 0.6 is 0 Å². The summed E-state index contributed by atoms with van der Waals surface area (Å²) in [7, 11) is 1.58. The molecule has 0 saturated carbocycles. The van der Waals surface area contributed by atoms with Gasteiger partial charge in [0.1, 0.15) is 11.5 Å². The van der Waals surface area contributed by atoms with E-state index in [1.807, 2.05) is 19.9 Å². The van der Waals surface area contributed by atoms with Gasteiger partial charge in [0.05, 0.1) is 19.3 Å². The van der Waals surface area contributed by atoms with Gasteiger partial charge < -0.3 is 19.5 Å². The van der Waals surface area contributed by atoms with Crippen molar-refractivity contribution in [1.29, 1.82) is 0 Å². The van der Waals surface area contributed by atoms with Crippen molar-refractivity contribution in [2.75, 3.05) is 19.0 Å². The molecule has 0 aliphatic carbocycles. The highest BCUT2D eigenvalue weighted by atomic mass is 16.5. The molecule has 0 heterocycles. The smallest absolute Gasteiger partial charge is 0.338 e. The molecular formula is C22H27NO5. The number of amides is 1. The van der Waals surface area contributed by atoms with Crippen molar-refractivity contribution in [3.05, 3.63) is 54.1 Å². The average Bonchev–Trinajstić information content (AvgIpc) is 2.72. The lowest BCUT2D eigenvalue weighted by molar-refractivity contribution is -0.122. The largest absolute Gasteiger partial charge is 0.497 e. The van der Waals surface area contributed by atoms with Crippen molar-refractivity contribution in [3.63, 3.8) is 0 Å². The number of rotatable bonds is 10. The molecule has 1 atom stereocenters. The predicted octanol–water partition coefficient (Wildman–Crippen LogP) is 4.45. The van der Waals surface area contributed by atoms with Gasteiger partial charge in [-0.2, -0.15) is 0 Å². The molecule has 2 aromatic carbocycles. The van der Waals surface area contributed by atoms with Crippen LogP contribution in [-0.4, -0.2) is 31.7 Å². The lowest BCUT2D eigenvalue weighted by atomic mass is 10.2. The zero-order valence-corrected chi connectivity index (χ0v) is 16.6. The summed E-state index contributed by atoms with van der Waals surface area (Å²) in [6.07, 6.45) is 1.66. The average molecular weight is 385 g/mol. The number of unbranched alkanes of at least 4 members (excludes halogenated alkanes) is 1. The number of hydrogen-bond donors (Lipinski definition) is 1. The lowest BCUT2D eigenvalue weighted by Crippen LogP contribution is -2.32. The normalized spacial score (nSPS) is 11.4. The molecule has 0 saturated heterocycles. The Hall–Kier alpha value is -3.02. The van der Waals surface area contributed by atoms with E-state index in [1.54, 1.807) is 49.6 Å². The van der Waals surface area contributed by atoms with Gasteiger partial charge in [-0.3, -0.25) is 4.79 Å². The van der Waals surface area contributed by atoms with E-state index in [2.05, 4.69) is 5.32 Å². The molecule has 2 aromatic rings. The minimum atomic E-state index is -0.647. The summed E-state index contributed by atoms with van der Waals surface area (Å²) in [5.74, 6) is 0.600. The SMILES string of the molecule is CCCCOC(=O)c1ccc(NC(=O)C(CC)Oc2cccc(OC)c2)cc1. The second-order valence-corrected chi connectivity index (χ2v) is 6.25. The van der Waals surface area contributed by atoms with Gasteiger partial charge in [0.25, 0.3) is 5.91 Å². The van der Waals surface area contributed by atoms with Crippen LogP contribution in [0.25, 0.3) is 0 Å². The van der Waals surface area contributed by atoms with Gasteiger partial charge in [-0.15, -0.1) is 0 Å². The van der Waals surface area contributed by atoms with E-state index in [1.165, 1.54) is 0 Å². The number of ether oxygens (including phenoxy) is 3. The first-order chi connectivity index (χ1) is 13.6. The molecular weight excluding hydrogens is 358 g/mol. The van der Waals surface area contributed by atoms with Crippen molar-refractivity contribution in [1.82, 2.24) is 0 Å². The first kappa shape index (κ1) is 21.3. The number of carbonyl (C=O) groups excluding carboxylic acids is 2. The maximum atomic E-state index is 12.5. The summed E-state index contributed by atoms with van der Waals surface area (Å²) < 4.78 is 16.1. The van der Waals surface area contributed by atoms with Crippen LogP contribution in [0.3, 0.4) is 0 Å². The molecule has 0 aliphatic heterocycles. The van der Waals surface area contributed by atoms with E-state index in [4.69, 9.17) is 14.2 Å². The summed E-state index contributed by atoms with van der Waals surface area (Å²) in [5.41, 5.74) is 1.04. The second-order valence-electron chi connectivity index (χ2n) is 6.25. The first-order valence-corrected chi connectivity index (χ1v) is 9.46. The van der Waals surface area contributed by atoms with Gasteiger partial charge in [0, 0.05) is 11.8 Å². The fourth-order valence-electron chi connectivity index (χ4n) is 2.47. The molecule has 150 valence electrons. The number of carbonyl (C=O) groups is 2. The van der Waals surface area contributed by atoms with E-state index in [0.717, 1.165) is 12.8 Å². The number of esters is 1. The summed E-state index contributed by atoms with van der Waals surface area (Å²) in [6, 6.07) is 13.7. The van der Waals surface area contributed by atoms with Gasteiger partial charge in [-0.1, -0.05) is 26.3 Å². The Morgan fingerprint density at radius 1 is 1.04 bits per heavy atom. The minimum absolute atomic E-state index is 0.261. The molecule has 0 fully saturated rings. The summed E-state index contributed by atoms with van der Waals surface area (Å²) in [4.78, 5) is 24.5. The highest BCUT2D eigenvalue weighted by molar-refractivity contribution is 5.95. The summed E-state index contributed by atoms with van der Waals surface area (Å²) >= 11 is 0. The molecule has 0 bridgehead atoms. The molecule has 0 radical (unpaired) electrons. The van der Waals surface area contributed by atoms with Gasteiger partial charge in [0.15, 0.2) is 6.10 Å². The van der Waals surface area contributed by atoms with Crippen molar-refractivity contribution in [2.24, 2.45) is 0 Å². The number of anilines is 1. The van der Waals surface area contributed by atoms with Crippen molar-refractivity contribution < 1.29 is 23.8 Å². The standard InChI is InChI=1S/C22H27NO5/c1-4-6-14-27-22(25)16-10-12-17(13-11-16)23-21(24)20(5-2)28-19-9-7-8-18(15-19)26-3/h7-13,15,20H,4-6,14H2,1-3H3,(H,23,24). The first-order valence-electron chi connectivity index (χ1n) is 9.46. The van der Waals surface area contributed by atoms with Crippen LogP contribution < -0.4 is 14.8 Å². The van der Waals surface area contributed by atoms with Crippen molar-refractivity contribution in [2.45, 2.75) is 39.2 Å². The number of methoxy groups -OCH3 is 1. The Balaban J connectivity index is 1.95. The molecule has 1 N–H and O–H groups in total. The van der Waals surface area contributed by atoms with Crippen LogP contribution in [0.15, 0.2) is 48.5 Å². The van der Waals surface area contributed by atoms with Gasteiger partial charge >= 0.3 is 5.97 Å². The third kappa shape index (κ3) is 6.30. The fourth-order valence-corrected chi connectivity index (χ4v) is 2.47. The van der Waals surface area contributed by atoms with Crippen LogP contribution in [-0.2, 0) is 9.53 Å². The molecule has 6 heteroatoms. The minimum Gasteiger partial charge on any atom is -0.497 e. The van der Waals surface area contributed by atoms with Crippen LogP contribution in [0.2, 0.25) is 0 Å². The van der Waals surface area contributed by atoms with Crippen LogP contribution in [0.5, 0.6) is 11.5 Å². The predicted molar refractivity (Wildman–Crippen MR) is 108 cm³/mol. The maximum absolute atomic E-state index is 12.5. The second kappa shape index (κ2) is 11.0. The number of nitrogens with one attached hydrogen (secondary N) is 1. The van der Waals surface area contributed by atoms with E-state index in [9.17, 15) is 9.59 Å². The number of hydrogen-bond acceptors (Lipinski definition) is 5. The zero-order chi connectivity index (χ0) is 20.4. The lowest BCUT2D eigenvalue weighted by Gasteiger charge is -2.17. The third-order valence-corrected chi connectivity index (χ3v) is 4.10. The van der Waals surface area contributed by atoms with E-state index in [0.29, 0.717) is 35.8 Å². The molecule has 1 amide bonds. The Bertz CT molecular complexity index is 773. The molecule has 0 aliphatic rings. The quantitative estimate of drug-likeness (QED) is 0.483. The van der Waals surface area contributed by atoms with E-state index in [-0.39, 0.29) is 11.9 Å². The Morgan fingerprint density at radius 3 is 2.39 bits per heavy atom. The van der Waals surface area contributed by atoms with E-state index < -0.39 is 6.10 Å². The van der Waals surface area contributed by atoms with Crippen LogP contribution in [0.4, 0.5) is 5.69 Å². The van der Waals surface area contributed by atoms with Crippen molar-refractivity contribution >= 4 is 17.6 Å². The number of benzene rings is 2. The molecule has 6 nitrogen and oxygen atoms in total. The zero-order valence-electron chi connectivity index (χ0n) is 16.6. The van der Waals surface area contributed by atoms with Crippen molar-refractivity contribution in [3.8, 4) is 11.5 Å². The van der Waals surface area contributed by atoms with Crippen LogP contribution in [0, 0.1) is 0 Å². The summed E-state index contributed by atoms with van der Waals surface area (Å²) in [5, 5.41) is 2.81. The maximum Gasteiger partial charge on any atom is 0.338 e. The van der Waals surface area contributed by atoms with E-state index >= 15 is 0 Å². The molecule has 2 rings (SSSR count). The molecule has 0 aromatic heterocycles. The Labute approximate surface area is 165 Å². The fraction of sp³-hybridized carbons (Fsp3) is 0.364.